The summed E-state index contributed by atoms with van der Waals surface area (Å²) >= 11 is 0. The van der Waals surface area contributed by atoms with Crippen molar-refractivity contribution in [3.05, 3.63) is 29.3 Å². The summed E-state index contributed by atoms with van der Waals surface area (Å²) in [6.07, 6.45) is 5.47. The molecular weight excluding hydrogens is 224 g/mol. The van der Waals surface area contributed by atoms with Crippen molar-refractivity contribution < 1.29 is 4.74 Å². The zero-order valence-electron chi connectivity index (χ0n) is 10.9. The summed E-state index contributed by atoms with van der Waals surface area (Å²) in [5, 5.41) is 12.3. The van der Waals surface area contributed by atoms with Crippen molar-refractivity contribution in [2.45, 2.75) is 32.2 Å². The Bertz CT molecular complexity index is 433. The molecule has 96 valence electrons. The largest absolute Gasteiger partial charge is 0.496 e. The van der Waals surface area contributed by atoms with E-state index < -0.39 is 0 Å². The van der Waals surface area contributed by atoms with Gasteiger partial charge < -0.3 is 10.1 Å². The zero-order valence-corrected chi connectivity index (χ0v) is 10.9. The second kappa shape index (κ2) is 6.42. The smallest absolute Gasteiger partial charge is 0.123 e. The molecule has 0 amide bonds. The van der Waals surface area contributed by atoms with Gasteiger partial charge in [0.1, 0.15) is 5.75 Å². The third kappa shape index (κ3) is 3.24. The minimum atomic E-state index is 0.687. The van der Waals surface area contributed by atoms with E-state index in [1.165, 1.54) is 25.7 Å². The van der Waals surface area contributed by atoms with Gasteiger partial charge in [0.05, 0.1) is 18.7 Å². The molecule has 2 rings (SSSR count). The quantitative estimate of drug-likeness (QED) is 0.783. The van der Waals surface area contributed by atoms with Crippen LogP contribution >= 0.6 is 0 Å². The Morgan fingerprint density at radius 3 is 2.89 bits per heavy atom. The molecule has 1 aliphatic carbocycles. The summed E-state index contributed by atoms with van der Waals surface area (Å²) in [4.78, 5) is 0. The standard InChI is InChI=1S/C15H20N2O/c1-18-15-6-5-13(10-16)9-14(15)11-17-8-7-12-3-2-4-12/h5-6,9,12,17H,2-4,7-8,11H2,1H3. The molecule has 1 aromatic carbocycles. The van der Waals surface area contributed by atoms with Gasteiger partial charge in [0.15, 0.2) is 0 Å². The first-order valence-electron chi connectivity index (χ1n) is 6.61. The van der Waals surface area contributed by atoms with E-state index >= 15 is 0 Å². The Hall–Kier alpha value is -1.53. The van der Waals surface area contributed by atoms with Gasteiger partial charge in [-0.25, -0.2) is 0 Å². The van der Waals surface area contributed by atoms with Crippen molar-refractivity contribution in [2.75, 3.05) is 13.7 Å². The molecule has 0 aliphatic heterocycles. The first kappa shape index (κ1) is 12.9. The summed E-state index contributed by atoms with van der Waals surface area (Å²) < 4.78 is 5.31. The van der Waals surface area contributed by atoms with E-state index in [4.69, 9.17) is 10.00 Å². The fourth-order valence-electron chi connectivity index (χ4n) is 2.30. The number of ether oxygens (including phenoxy) is 1. The van der Waals surface area contributed by atoms with Gasteiger partial charge in [-0.05, 0) is 37.1 Å². The highest BCUT2D eigenvalue weighted by Crippen LogP contribution is 2.28. The van der Waals surface area contributed by atoms with Gasteiger partial charge in [-0.15, -0.1) is 0 Å². The van der Waals surface area contributed by atoms with Gasteiger partial charge in [-0.3, -0.25) is 0 Å². The molecule has 0 aromatic heterocycles. The average molecular weight is 244 g/mol. The number of rotatable bonds is 6. The summed E-state index contributed by atoms with van der Waals surface area (Å²) in [6, 6.07) is 7.71. The third-order valence-corrected chi connectivity index (χ3v) is 3.68. The molecule has 0 saturated heterocycles. The highest BCUT2D eigenvalue weighted by molar-refractivity contribution is 5.41. The zero-order chi connectivity index (χ0) is 12.8. The number of nitriles is 1. The van der Waals surface area contributed by atoms with E-state index in [-0.39, 0.29) is 0 Å². The van der Waals surface area contributed by atoms with Crippen LogP contribution in [-0.2, 0) is 6.54 Å². The number of methoxy groups -OCH3 is 1. The lowest BCUT2D eigenvalue weighted by atomic mass is 9.83. The van der Waals surface area contributed by atoms with Gasteiger partial charge in [-0.1, -0.05) is 19.3 Å². The normalized spacial score (nSPS) is 14.9. The van der Waals surface area contributed by atoms with Crippen LogP contribution in [-0.4, -0.2) is 13.7 Å². The summed E-state index contributed by atoms with van der Waals surface area (Å²) in [7, 11) is 1.67. The van der Waals surface area contributed by atoms with Crippen LogP contribution in [0.25, 0.3) is 0 Å². The summed E-state index contributed by atoms with van der Waals surface area (Å²) in [6.45, 7) is 1.82. The number of benzene rings is 1. The molecule has 1 aliphatic rings. The molecule has 0 unspecified atom stereocenters. The summed E-state index contributed by atoms with van der Waals surface area (Å²) in [5.74, 6) is 1.79. The number of nitrogens with one attached hydrogen (secondary N) is 1. The lowest BCUT2D eigenvalue weighted by Crippen LogP contribution is -2.21. The lowest BCUT2D eigenvalue weighted by molar-refractivity contribution is 0.292. The van der Waals surface area contributed by atoms with Crippen LogP contribution in [0.4, 0.5) is 0 Å². The monoisotopic (exact) mass is 244 g/mol. The lowest BCUT2D eigenvalue weighted by Gasteiger charge is -2.25. The van der Waals surface area contributed by atoms with E-state index in [0.29, 0.717) is 5.56 Å². The van der Waals surface area contributed by atoms with Gasteiger partial charge in [0.2, 0.25) is 0 Å². The van der Waals surface area contributed by atoms with Crippen LogP contribution in [0.15, 0.2) is 18.2 Å². The molecule has 0 spiro atoms. The van der Waals surface area contributed by atoms with Crippen LogP contribution < -0.4 is 10.1 Å². The Morgan fingerprint density at radius 2 is 2.28 bits per heavy atom. The predicted molar refractivity (Wildman–Crippen MR) is 71.4 cm³/mol. The summed E-state index contributed by atoms with van der Waals surface area (Å²) in [5.41, 5.74) is 1.75. The molecule has 0 heterocycles. The van der Waals surface area contributed by atoms with Crippen molar-refractivity contribution in [2.24, 2.45) is 5.92 Å². The molecule has 1 fully saturated rings. The second-order valence-electron chi connectivity index (χ2n) is 4.90. The number of hydrogen-bond acceptors (Lipinski definition) is 3. The second-order valence-corrected chi connectivity index (χ2v) is 4.90. The van der Waals surface area contributed by atoms with Crippen molar-refractivity contribution in [1.82, 2.24) is 5.32 Å². The fourth-order valence-corrected chi connectivity index (χ4v) is 2.30. The molecule has 0 atom stereocenters. The molecule has 0 bridgehead atoms. The third-order valence-electron chi connectivity index (χ3n) is 3.68. The highest BCUT2D eigenvalue weighted by Gasteiger charge is 2.16. The molecule has 1 N–H and O–H groups in total. The van der Waals surface area contributed by atoms with Crippen LogP contribution in [0.2, 0.25) is 0 Å². The van der Waals surface area contributed by atoms with Gasteiger partial charge in [0, 0.05) is 12.1 Å². The van der Waals surface area contributed by atoms with Gasteiger partial charge in [-0.2, -0.15) is 5.26 Å². The minimum absolute atomic E-state index is 0.687. The highest BCUT2D eigenvalue weighted by atomic mass is 16.5. The molecule has 1 saturated carbocycles. The van der Waals surface area contributed by atoms with E-state index in [9.17, 15) is 0 Å². The van der Waals surface area contributed by atoms with E-state index in [0.717, 1.165) is 30.3 Å². The molecule has 0 radical (unpaired) electrons. The minimum Gasteiger partial charge on any atom is -0.496 e. The van der Waals surface area contributed by atoms with Crippen molar-refractivity contribution in [3.63, 3.8) is 0 Å². The maximum Gasteiger partial charge on any atom is 0.123 e. The molecule has 3 heteroatoms. The topological polar surface area (TPSA) is 45.0 Å². The first-order valence-corrected chi connectivity index (χ1v) is 6.61. The van der Waals surface area contributed by atoms with E-state index in [1.807, 2.05) is 12.1 Å². The Balaban J connectivity index is 1.84. The molecular formula is C15H20N2O. The Labute approximate surface area is 109 Å². The van der Waals surface area contributed by atoms with E-state index in [2.05, 4.69) is 11.4 Å². The van der Waals surface area contributed by atoms with Crippen molar-refractivity contribution >= 4 is 0 Å². The van der Waals surface area contributed by atoms with Crippen LogP contribution in [0.5, 0.6) is 5.75 Å². The number of hydrogen-bond donors (Lipinski definition) is 1. The molecule has 3 nitrogen and oxygen atoms in total. The molecule has 18 heavy (non-hydrogen) atoms. The molecule has 1 aromatic rings. The van der Waals surface area contributed by atoms with Crippen LogP contribution in [0.1, 0.15) is 36.8 Å². The fraction of sp³-hybridized carbons (Fsp3) is 0.533. The first-order chi connectivity index (χ1) is 8.83. The van der Waals surface area contributed by atoms with Crippen molar-refractivity contribution in [3.8, 4) is 11.8 Å². The predicted octanol–water partition coefficient (Wildman–Crippen LogP) is 2.85. The maximum atomic E-state index is 8.90. The Morgan fingerprint density at radius 1 is 1.44 bits per heavy atom. The maximum absolute atomic E-state index is 8.90. The van der Waals surface area contributed by atoms with Crippen LogP contribution in [0.3, 0.4) is 0 Å². The Kier molecular flexibility index (Phi) is 4.60. The van der Waals surface area contributed by atoms with Crippen LogP contribution in [0, 0.1) is 17.2 Å². The van der Waals surface area contributed by atoms with Gasteiger partial charge >= 0.3 is 0 Å². The number of nitrogens with zero attached hydrogens (tertiary/aromatic N) is 1. The average Bonchev–Trinajstić information content (AvgIpc) is 2.36. The van der Waals surface area contributed by atoms with Gasteiger partial charge in [0.25, 0.3) is 0 Å². The van der Waals surface area contributed by atoms with Crippen molar-refractivity contribution in [1.29, 1.82) is 5.26 Å². The SMILES string of the molecule is COc1ccc(C#N)cc1CNCCC1CCC1. The van der Waals surface area contributed by atoms with E-state index in [1.54, 1.807) is 13.2 Å².